The van der Waals surface area contributed by atoms with E-state index in [0.29, 0.717) is 0 Å². The van der Waals surface area contributed by atoms with Gasteiger partial charge in [-0.05, 0) is 41.4 Å². The second kappa shape index (κ2) is 5.24. The van der Waals surface area contributed by atoms with Crippen LogP contribution in [-0.2, 0) is 0 Å². The van der Waals surface area contributed by atoms with Crippen molar-refractivity contribution in [3.8, 4) is 0 Å². The van der Waals surface area contributed by atoms with Crippen molar-refractivity contribution in [1.82, 2.24) is 10.4 Å². The lowest BCUT2D eigenvalue weighted by Gasteiger charge is -2.16. The molecular weight excluding hydrogens is 242 g/mol. The molecule has 1 rings (SSSR count). The molecule has 0 amide bonds. The van der Waals surface area contributed by atoms with Crippen molar-refractivity contribution < 1.29 is 0 Å². The molecule has 14 heavy (non-hydrogen) atoms. The van der Waals surface area contributed by atoms with Gasteiger partial charge in [0.2, 0.25) is 0 Å². The van der Waals surface area contributed by atoms with E-state index in [0.717, 1.165) is 22.2 Å². The van der Waals surface area contributed by atoms with Crippen LogP contribution in [0.1, 0.15) is 25.1 Å². The monoisotopic (exact) mass is 255 g/mol. The lowest BCUT2D eigenvalue weighted by atomic mass is 10.1. The van der Waals surface area contributed by atoms with Gasteiger partial charge in [0, 0.05) is 10.7 Å². The van der Waals surface area contributed by atoms with Gasteiger partial charge in [-0.15, -0.1) is 6.58 Å². The lowest BCUT2D eigenvalue weighted by molar-refractivity contribution is 0.534. The molecule has 3 N–H and O–H groups in total. The van der Waals surface area contributed by atoms with Gasteiger partial charge in [-0.25, -0.2) is 0 Å². The molecule has 4 heteroatoms. The van der Waals surface area contributed by atoms with Gasteiger partial charge in [-0.2, -0.15) is 0 Å². The van der Waals surface area contributed by atoms with E-state index in [9.17, 15) is 0 Å². The third-order valence-corrected chi connectivity index (χ3v) is 2.54. The summed E-state index contributed by atoms with van der Waals surface area (Å²) in [5.74, 6) is 5.47. The molecule has 0 saturated heterocycles. The van der Waals surface area contributed by atoms with E-state index in [1.54, 1.807) is 6.20 Å². The number of pyridine rings is 1. The minimum absolute atomic E-state index is 0.0167. The summed E-state index contributed by atoms with van der Waals surface area (Å²) < 4.78 is 0.962. The minimum Gasteiger partial charge on any atom is -0.271 e. The lowest BCUT2D eigenvalue weighted by Crippen LogP contribution is -2.29. The quantitative estimate of drug-likeness (QED) is 0.493. The van der Waals surface area contributed by atoms with Gasteiger partial charge in [0.15, 0.2) is 0 Å². The summed E-state index contributed by atoms with van der Waals surface area (Å²) in [4.78, 5) is 4.27. The molecule has 1 aromatic heterocycles. The Morgan fingerprint density at radius 1 is 1.79 bits per heavy atom. The Labute approximate surface area is 92.5 Å². The van der Waals surface area contributed by atoms with Gasteiger partial charge >= 0.3 is 0 Å². The smallest absolute Gasteiger partial charge is 0.0731 e. The van der Waals surface area contributed by atoms with Crippen molar-refractivity contribution in [2.45, 2.75) is 19.4 Å². The minimum atomic E-state index is 0.0167. The average Bonchev–Trinajstić information content (AvgIpc) is 2.15. The standard InChI is InChI=1S/C10H14BrN3/c1-7(2)6-9(14-12)10-8(11)4-3-5-13-10/h3-5,9,14H,1,6,12H2,2H3. The molecule has 0 aliphatic rings. The molecule has 0 bridgehead atoms. The molecule has 0 aliphatic heterocycles. The molecule has 0 fully saturated rings. The van der Waals surface area contributed by atoms with Gasteiger partial charge in [0.05, 0.1) is 11.7 Å². The van der Waals surface area contributed by atoms with Crippen LogP contribution >= 0.6 is 15.9 Å². The number of nitrogens with zero attached hydrogens (tertiary/aromatic N) is 1. The van der Waals surface area contributed by atoms with Crippen LogP contribution < -0.4 is 11.3 Å². The Morgan fingerprint density at radius 3 is 3.00 bits per heavy atom. The maximum atomic E-state index is 5.47. The van der Waals surface area contributed by atoms with Crippen molar-refractivity contribution in [1.29, 1.82) is 0 Å². The van der Waals surface area contributed by atoms with E-state index in [1.165, 1.54) is 0 Å². The van der Waals surface area contributed by atoms with Crippen LogP contribution in [0.4, 0.5) is 0 Å². The van der Waals surface area contributed by atoms with E-state index in [-0.39, 0.29) is 6.04 Å². The molecule has 3 nitrogen and oxygen atoms in total. The first-order valence-electron chi connectivity index (χ1n) is 4.36. The largest absolute Gasteiger partial charge is 0.271 e. The summed E-state index contributed by atoms with van der Waals surface area (Å²) in [6.07, 6.45) is 2.54. The molecule has 0 saturated carbocycles. The fraction of sp³-hybridized carbons (Fsp3) is 0.300. The number of aromatic nitrogens is 1. The Kier molecular flexibility index (Phi) is 4.25. The molecule has 0 radical (unpaired) electrons. The molecule has 1 aromatic rings. The Bertz CT molecular complexity index is 325. The van der Waals surface area contributed by atoms with Crippen molar-refractivity contribution in [2.75, 3.05) is 0 Å². The zero-order valence-electron chi connectivity index (χ0n) is 8.13. The fourth-order valence-electron chi connectivity index (χ4n) is 1.24. The van der Waals surface area contributed by atoms with Crippen LogP contribution in [0.3, 0.4) is 0 Å². The summed E-state index contributed by atoms with van der Waals surface area (Å²) in [6, 6.07) is 3.84. The van der Waals surface area contributed by atoms with E-state index in [4.69, 9.17) is 5.84 Å². The maximum absolute atomic E-state index is 5.47. The first kappa shape index (κ1) is 11.4. The zero-order valence-corrected chi connectivity index (χ0v) is 9.71. The first-order chi connectivity index (χ1) is 6.65. The topological polar surface area (TPSA) is 50.9 Å². The molecule has 0 aliphatic carbocycles. The number of hydrazine groups is 1. The van der Waals surface area contributed by atoms with Crippen LogP contribution in [0.25, 0.3) is 0 Å². The van der Waals surface area contributed by atoms with Gasteiger partial charge in [0.25, 0.3) is 0 Å². The van der Waals surface area contributed by atoms with Gasteiger partial charge in [-0.1, -0.05) is 5.57 Å². The number of nitrogens with one attached hydrogen (secondary N) is 1. The van der Waals surface area contributed by atoms with Crippen molar-refractivity contribution in [3.63, 3.8) is 0 Å². The highest BCUT2D eigenvalue weighted by molar-refractivity contribution is 9.10. The van der Waals surface area contributed by atoms with Crippen LogP contribution in [0.15, 0.2) is 35.0 Å². The summed E-state index contributed by atoms with van der Waals surface area (Å²) in [5.41, 5.74) is 4.73. The summed E-state index contributed by atoms with van der Waals surface area (Å²) in [5, 5.41) is 0. The van der Waals surface area contributed by atoms with Gasteiger partial charge < -0.3 is 0 Å². The molecular formula is C10H14BrN3. The second-order valence-corrected chi connectivity index (χ2v) is 4.11. The van der Waals surface area contributed by atoms with Gasteiger partial charge in [-0.3, -0.25) is 16.3 Å². The number of halogens is 1. The van der Waals surface area contributed by atoms with Crippen LogP contribution in [0.5, 0.6) is 0 Å². The predicted octanol–water partition coefficient (Wildman–Crippen LogP) is 2.31. The zero-order chi connectivity index (χ0) is 10.6. The van der Waals surface area contributed by atoms with Crippen LogP contribution in [0.2, 0.25) is 0 Å². The molecule has 1 unspecified atom stereocenters. The highest BCUT2D eigenvalue weighted by atomic mass is 79.9. The SMILES string of the molecule is C=C(C)CC(NN)c1ncccc1Br. The van der Waals surface area contributed by atoms with E-state index < -0.39 is 0 Å². The van der Waals surface area contributed by atoms with Crippen molar-refractivity contribution >= 4 is 15.9 Å². The summed E-state index contributed by atoms with van der Waals surface area (Å²) in [6.45, 7) is 5.83. The number of rotatable bonds is 4. The number of nitrogens with two attached hydrogens (primary N) is 1. The molecule has 1 atom stereocenters. The molecule has 1 heterocycles. The third-order valence-electron chi connectivity index (χ3n) is 1.87. The second-order valence-electron chi connectivity index (χ2n) is 3.25. The fourth-order valence-corrected chi connectivity index (χ4v) is 1.77. The van der Waals surface area contributed by atoms with E-state index >= 15 is 0 Å². The highest BCUT2D eigenvalue weighted by Crippen LogP contribution is 2.24. The van der Waals surface area contributed by atoms with Crippen molar-refractivity contribution in [3.05, 3.63) is 40.6 Å². The number of hydrogen-bond acceptors (Lipinski definition) is 3. The highest BCUT2D eigenvalue weighted by Gasteiger charge is 2.13. The van der Waals surface area contributed by atoms with Crippen molar-refractivity contribution in [2.24, 2.45) is 5.84 Å². The summed E-state index contributed by atoms with van der Waals surface area (Å²) in [7, 11) is 0. The Morgan fingerprint density at radius 2 is 2.50 bits per heavy atom. The predicted molar refractivity (Wildman–Crippen MR) is 61.4 cm³/mol. The molecule has 0 spiro atoms. The normalized spacial score (nSPS) is 12.5. The van der Waals surface area contributed by atoms with Gasteiger partial charge in [0.1, 0.15) is 0 Å². The van der Waals surface area contributed by atoms with E-state index in [1.807, 2.05) is 19.1 Å². The van der Waals surface area contributed by atoms with Crippen LogP contribution in [-0.4, -0.2) is 4.98 Å². The van der Waals surface area contributed by atoms with E-state index in [2.05, 4.69) is 32.9 Å². The van der Waals surface area contributed by atoms with Crippen LogP contribution in [0, 0.1) is 0 Å². The first-order valence-corrected chi connectivity index (χ1v) is 5.15. The maximum Gasteiger partial charge on any atom is 0.0731 e. The number of hydrogen-bond donors (Lipinski definition) is 2. The Balaban J connectivity index is 2.89. The Hall–Kier alpha value is -0.710. The third kappa shape index (κ3) is 2.90. The molecule has 76 valence electrons. The average molecular weight is 256 g/mol. The molecule has 0 aromatic carbocycles. The summed E-state index contributed by atoms with van der Waals surface area (Å²) >= 11 is 3.44.